The van der Waals surface area contributed by atoms with Crippen LogP contribution in [0.5, 0.6) is 5.75 Å². The minimum atomic E-state index is -0.396. The first kappa shape index (κ1) is 13.2. The van der Waals surface area contributed by atoms with Crippen LogP contribution in [0.15, 0.2) is 30.5 Å². The number of phenols is 1. The van der Waals surface area contributed by atoms with E-state index < -0.39 is 6.10 Å². The van der Waals surface area contributed by atoms with E-state index in [9.17, 15) is 15.0 Å². The van der Waals surface area contributed by atoms with Gasteiger partial charge in [0.15, 0.2) is 5.78 Å². The Morgan fingerprint density at radius 1 is 1.20 bits per heavy atom. The van der Waals surface area contributed by atoms with Crippen molar-refractivity contribution in [3.63, 3.8) is 0 Å². The number of aromatic hydroxyl groups is 1. The normalized spacial score (nSPS) is 33.1. The summed E-state index contributed by atoms with van der Waals surface area (Å²) in [7, 11) is 0. The van der Waals surface area contributed by atoms with Crippen LogP contribution in [0.2, 0.25) is 0 Å². The first-order valence-electron chi connectivity index (χ1n) is 6.95. The molecule has 0 bridgehead atoms. The van der Waals surface area contributed by atoms with Gasteiger partial charge < -0.3 is 14.9 Å². The Hall–Kier alpha value is -1.81. The number of carbonyl (C=O) groups excluding carboxylic acids is 1. The second kappa shape index (κ2) is 4.94. The molecule has 4 unspecified atom stereocenters. The topological polar surface area (TPSA) is 66.8 Å². The van der Waals surface area contributed by atoms with E-state index in [0.29, 0.717) is 18.4 Å². The van der Waals surface area contributed by atoms with Gasteiger partial charge in [0.2, 0.25) is 0 Å². The number of aliphatic hydroxyl groups is 1. The van der Waals surface area contributed by atoms with Crippen LogP contribution in [-0.2, 0) is 9.53 Å². The van der Waals surface area contributed by atoms with E-state index >= 15 is 0 Å². The summed E-state index contributed by atoms with van der Waals surface area (Å²) in [6.45, 7) is 1.92. The van der Waals surface area contributed by atoms with E-state index in [1.807, 2.05) is 6.92 Å². The number of carbonyl (C=O) groups is 1. The van der Waals surface area contributed by atoms with Crippen LogP contribution in [0, 0.1) is 11.8 Å². The molecule has 4 heteroatoms. The predicted octanol–water partition coefficient (Wildman–Crippen LogP) is 2.11. The number of phenolic OH excluding ortho intramolecular Hbond substituents is 1. The van der Waals surface area contributed by atoms with Crippen molar-refractivity contribution in [2.75, 3.05) is 0 Å². The highest BCUT2D eigenvalue weighted by atomic mass is 16.5. The molecular weight excluding hydrogens is 256 g/mol. The summed E-state index contributed by atoms with van der Waals surface area (Å²) in [6.07, 6.45) is 2.18. The molecule has 2 aliphatic rings. The molecule has 4 nitrogen and oxygen atoms in total. The molecule has 20 heavy (non-hydrogen) atoms. The molecule has 0 aromatic heterocycles. The summed E-state index contributed by atoms with van der Waals surface area (Å²) < 4.78 is 5.73. The number of Topliss-reactive ketones (excluding diaryl/α,β-unsaturated/α-hetero) is 1. The summed E-state index contributed by atoms with van der Waals surface area (Å²) in [5.74, 6) is 0.0361. The number of hydrogen-bond donors (Lipinski definition) is 2. The van der Waals surface area contributed by atoms with Crippen molar-refractivity contribution in [2.45, 2.75) is 32.0 Å². The van der Waals surface area contributed by atoms with Crippen LogP contribution in [0.1, 0.15) is 25.3 Å². The lowest BCUT2D eigenvalue weighted by atomic mass is 9.73. The van der Waals surface area contributed by atoms with E-state index in [1.165, 1.54) is 6.26 Å². The van der Waals surface area contributed by atoms with Crippen LogP contribution in [0.4, 0.5) is 0 Å². The molecule has 1 aliphatic heterocycles. The number of benzene rings is 1. The zero-order valence-electron chi connectivity index (χ0n) is 11.3. The SMILES string of the molecule is CC1C(O)CCC2C(=O)C(c3ccc(O)cc3)=COC21. The molecule has 0 amide bonds. The van der Waals surface area contributed by atoms with E-state index in [1.54, 1.807) is 24.3 Å². The quantitative estimate of drug-likeness (QED) is 0.823. The van der Waals surface area contributed by atoms with E-state index in [2.05, 4.69) is 0 Å². The van der Waals surface area contributed by atoms with Gasteiger partial charge in [-0.25, -0.2) is 0 Å². The maximum atomic E-state index is 12.6. The molecule has 0 saturated heterocycles. The van der Waals surface area contributed by atoms with Gasteiger partial charge in [0, 0.05) is 5.92 Å². The molecule has 4 atom stereocenters. The third-order valence-electron chi connectivity index (χ3n) is 4.42. The molecule has 2 N–H and O–H groups in total. The average Bonchev–Trinajstić information content (AvgIpc) is 2.45. The number of hydrogen-bond acceptors (Lipinski definition) is 4. The third-order valence-corrected chi connectivity index (χ3v) is 4.42. The van der Waals surface area contributed by atoms with E-state index in [4.69, 9.17) is 4.74 Å². The standard InChI is InChI=1S/C16H18O4/c1-9-14(18)7-6-12-15(19)13(8-20-16(9)12)10-2-4-11(17)5-3-10/h2-5,8-9,12,14,16-18H,6-7H2,1H3. The fourth-order valence-corrected chi connectivity index (χ4v) is 3.12. The highest BCUT2D eigenvalue weighted by molar-refractivity contribution is 6.22. The lowest BCUT2D eigenvalue weighted by Gasteiger charge is -2.40. The highest BCUT2D eigenvalue weighted by Crippen LogP contribution is 2.39. The Morgan fingerprint density at radius 2 is 1.90 bits per heavy atom. The molecule has 1 aliphatic carbocycles. The molecule has 0 spiro atoms. The van der Waals surface area contributed by atoms with Gasteiger partial charge in [0.1, 0.15) is 11.9 Å². The van der Waals surface area contributed by atoms with E-state index in [-0.39, 0.29) is 29.5 Å². The molecule has 0 radical (unpaired) electrons. The number of aliphatic hydroxyl groups excluding tert-OH is 1. The zero-order valence-corrected chi connectivity index (χ0v) is 11.3. The van der Waals surface area contributed by atoms with Crippen molar-refractivity contribution in [1.82, 2.24) is 0 Å². The smallest absolute Gasteiger partial charge is 0.173 e. The van der Waals surface area contributed by atoms with Crippen molar-refractivity contribution in [2.24, 2.45) is 11.8 Å². The average molecular weight is 274 g/mol. The minimum absolute atomic E-state index is 0.0321. The monoisotopic (exact) mass is 274 g/mol. The van der Waals surface area contributed by atoms with Crippen LogP contribution >= 0.6 is 0 Å². The van der Waals surface area contributed by atoms with Gasteiger partial charge in [-0.2, -0.15) is 0 Å². The first-order chi connectivity index (χ1) is 9.58. The molecule has 1 heterocycles. The van der Waals surface area contributed by atoms with Crippen LogP contribution in [0.25, 0.3) is 5.57 Å². The number of rotatable bonds is 1. The number of allylic oxidation sites excluding steroid dienone is 1. The van der Waals surface area contributed by atoms with Crippen LogP contribution in [-0.4, -0.2) is 28.2 Å². The summed E-state index contributed by atoms with van der Waals surface area (Å²) >= 11 is 0. The summed E-state index contributed by atoms with van der Waals surface area (Å²) in [5, 5.41) is 19.2. The third kappa shape index (κ3) is 2.10. The van der Waals surface area contributed by atoms with Crippen molar-refractivity contribution < 1.29 is 19.7 Å². The lowest BCUT2D eigenvalue weighted by Crippen LogP contribution is -2.46. The Balaban J connectivity index is 1.90. The Bertz CT molecular complexity index is 546. The van der Waals surface area contributed by atoms with Crippen molar-refractivity contribution in [1.29, 1.82) is 0 Å². The van der Waals surface area contributed by atoms with Crippen molar-refractivity contribution >= 4 is 11.4 Å². The molecular formula is C16H18O4. The molecule has 1 aromatic carbocycles. The van der Waals surface area contributed by atoms with Crippen LogP contribution in [0.3, 0.4) is 0 Å². The fraction of sp³-hybridized carbons (Fsp3) is 0.438. The number of ether oxygens (including phenoxy) is 1. The Labute approximate surface area is 117 Å². The maximum Gasteiger partial charge on any atom is 0.173 e. The zero-order chi connectivity index (χ0) is 14.3. The minimum Gasteiger partial charge on any atom is -0.508 e. The molecule has 106 valence electrons. The Morgan fingerprint density at radius 3 is 2.60 bits per heavy atom. The van der Waals surface area contributed by atoms with Gasteiger partial charge in [-0.3, -0.25) is 4.79 Å². The summed E-state index contributed by atoms with van der Waals surface area (Å²) in [6, 6.07) is 6.54. The maximum absolute atomic E-state index is 12.6. The second-order valence-corrected chi connectivity index (χ2v) is 5.65. The van der Waals surface area contributed by atoms with Gasteiger partial charge in [0.25, 0.3) is 0 Å². The number of ketones is 1. The van der Waals surface area contributed by atoms with Crippen molar-refractivity contribution in [3.8, 4) is 5.75 Å². The second-order valence-electron chi connectivity index (χ2n) is 5.65. The predicted molar refractivity (Wildman–Crippen MR) is 73.9 cm³/mol. The van der Waals surface area contributed by atoms with Gasteiger partial charge >= 0.3 is 0 Å². The lowest BCUT2D eigenvalue weighted by molar-refractivity contribution is -0.131. The highest BCUT2D eigenvalue weighted by Gasteiger charge is 2.44. The molecule has 3 rings (SSSR count). The fourth-order valence-electron chi connectivity index (χ4n) is 3.12. The molecule has 1 aromatic rings. The van der Waals surface area contributed by atoms with Crippen LogP contribution < -0.4 is 0 Å². The van der Waals surface area contributed by atoms with Crippen molar-refractivity contribution in [3.05, 3.63) is 36.1 Å². The number of fused-ring (bicyclic) bond motifs is 1. The largest absolute Gasteiger partial charge is 0.508 e. The Kier molecular flexibility index (Phi) is 3.26. The summed E-state index contributed by atoms with van der Waals surface area (Å²) in [5.41, 5.74) is 1.31. The van der Waals surface area contributed by atoms with E-state index in [0.717, 1.165) is 5.56 Å². The molecule has 1 saturated carbocycles. The first-order valence-corrected chi connectivity index (χ1v) is 6.95. The van der Waals surface area contributed by atoms with Gasteiger partial charge in [-0.15, -0.1) is 0 Å². The van der Waals surface area contributed by atoms with Gasteiger partial charge in [0.05, 0.1) is 23.9 Å². The molecule has 1 fully saturated rings. The summed E-state index contributed by atoms with van der Waals surface area (Å²) in [4.78, 5) is 12.6. The van der Waals surface area contributed by atoms with Gasteiger partial charge in [-0.05, 0) is 30.5 Å². The van der Waals surface area contributed by atoms with Gasteiger partial charge in [-0.1, -0.05) is 19.1 Å².